The highest BCUT2D eigenvalue weighted by Gasteiger charge is 2.19. The van der Waals surface area contributed by atoms with Crippen molar-refractivity contribution < 1.29 is 4.79 Å². The lowest BCUT2D eigenvalue weighted by Crippen LogP contribution is -2.48. The number of carbonyl (C=O) groups excluding carboxylic acids is 1. The highest BCUT2D eigenvalue weighted by molar-refractivity contribution is 6.43. The molecule has 0 aromatic heterocycles. The van der Waals surface area contributed by atoms with E-state index >= 15 is 0 Å². The Hall–Kier alpha value is -1.75. The molecule has 0 atom stereocenters. The summed E-state index contributed by atoms with van der Waals surface area (Å²) in [5.41, 5.74) is 1.78. The third-order valence-corrected chi connectivity index (χ3v) is 4.91. The van der Waals surface area contributed by atoms with Gasteiger partial charge in [-0.05, 0) is 24.3 Å². The van der Waals surface area contributed by atoms with Gasteiger partial charge in [-0.25, -0.2) is 0 Å². The minimum absolute atomic E-state index is 0.0765. The van der Waals surface area contributed by atoms with E-state index in [9.17, 15) is 4.79 Å². The summed E-state index contributed by atoms with van der Waals surface area (Å²) in [6.45, 7) is 3.88. The van der Waals surface area contributed by atoms with E-state index in [0.717, 1.165) is 26.2 Å². The van der Waals surface area contributed by atoms with E-state index in [0.29, 0.717) is 22.3 Å². The van der Waals surface area contributed by atoms with Crippen LogP contribution in [0.5, 0.6) is 0 Å². The molecule has 0 unspecified atom stereocenters. The summed E-state index contributed by atoms with van der Waals surface area (Å²) in [5, 5.41) is 3.64. The van der Waals surface area contributed by atoms with Crippen molar-refractivity contribution in [1.82, 2.24) is 4.90 Å². The van der Waals surface area contributed by atoms with E-state index in [1.807, 2.05) is 18.2 Å². The van der Waals surface area contributed by atoms with Crippen molar-refractivity contribution in [1.29, 1.82) is 0 Å². The van der Waals surface area contributed by atoms with Crippen molar-refractivity contribution >= 4 is 40.5 Å². The average molecular weight is 364 g/mol. The third kappa shape index (κ3) is 4.20. The van der Waals surface area contributed by atoms with Crippen LogP contribution in [0.4, 0.5) is 11.4 Å². The van der Waals surface area contributed by atoms with Crippen molar-refractivity contribution in [2.45, 2.75) is 0 Å². The largest absolute Gasteiger partial charge is 0.369 e. The molecule has 0 radical (unpaired) electrons. The number of anilines is 2. The maximum absolute atomic E-state index is 12.2. The standard InChI is InChI=1S/C18H19Cl2N3O/c19-15-7-4-8-16(18(15)20)21-17(24)13-22-9-11-23(12-10-22)14-5-2-1-3-6-14/h1-8H,9-13H2,(H,21,24). The van der Waals surface area contributed by atoms with Crippen molar-refractivity contribution in [2.75, 3.05) is 42.9 Å². The van der Waals surface area contributed by atoms with Crippen molar-refractivity contribution in [3.8, 4) is 0 Å². The maximum atomic E-state index is 12.2. The Labute approximate surface area is 152 Å². The first kappa shape index (κ1) is 17.1. The molecule has 3 rings (SSSR count). The van der Waals surface area contributed by atoms with Gasteiger partial charge in [0.05, 0.1) is 22.3 Å². The molecule has 1 saturated heterocycles. The van der Waals surface area contributed by atoms with Gasteiger partial charge in [0, 0.05) is 31.9 Å². The maximum Gasteiger partial charge on any atom is 0.238 e. The molecule has 1 heterocycles. The molecule has 1 aliphatic heterocycles. The zero-order chi connectivity index (χ0) is 16.9. The minimum Gasteiger partial charge on any atom is -0.369 e. The van der Waals surface area contributed by atoms with Crippen LogP contribution in [-0.2, 0) is 4.79 Å². The van der Waals surface area contributed by atoms with Crippen molar-refractivity contribution in [3.05, 3.63) is 58.6 Å². The quantitative estimate of drug-likeness (QED) is 0.898. The lowest BCUT2D eigenvalue weighted by atomic mass is 10.2. The Morgan fingerprint density at radius 1 is 0.958 bits per heavy atom. The van der Waals surface area contributed by atoms with Crippen LogP contribution in [0.25, 0.3) is 0 Å². The number of nitrogens with one attached hydrogen (secondary N) is 1. The number of rotatable bonds is 4. The molecule has 1 amide bonds. The van der Waals surface area contributed by atoms with Crippen LogP contribution in [-0.4, -0.2) is 43.5 Å². The molecule has 24 heavy (non-hydrogen) atoms. The molecule has 4 nitrogen and oxygen atoms in total. The van der Waals surface area contributed by atoms with E-state index in [2.05, 4.69) is 27.2 Å². The normalized spacial score (nSPS) is 15.3. The summed E-state index contributed by atoms with van der Waals surface area (Å²) in [6.07, 6.45) is 0. The summed E-state index contributed by atoms with van der Waals surface area (Å²) < 4.78 is 0. The van der Waals surface area contributed by atoms with Gasteiger partial charge in [0.25, 0.3) is 0 Å². The number of benzene rings is 2. The van der Waals surface area contributed by atoms with Gasteiger partial charge in [-0.2, -0.15) is 0 Å². The lowest BCUT2D eigenvalue weighted by molar-refractivity contribution is -0.117. The van der Waals surface area contributed by atoms with E-state index in [-0.39, 0.29) is 5.91 Å². The Morgan fingerprint density at radius 2 is 1.67 bits per heavy atom. The first-order valence-electron chi connectivity index (χ1n) is 7.90. The number of nitrogens with zero attached hydrogens (tertiary/aromatic N) is 2. The molecule has 2 aromatic carbocycles. The molecule has 0 aliphatic carbocycles. The SMILES string of the molecule is O=C(CN1CCN(c2ccccc2)CC1)Nc1cccc(Cl)c1Cl. The van der Waals surface area contributed by atoms with Crippen LogP contribution >= 0.6 is 23.2 Å². The molecular formula is C18H19Cl2N3O. The fourth-order valence-electron chi connectivity index (χ4n) is 2.80. The van der Waals surface area contributed by atoms with Gasteiger partial charge < -0.3 is 10.2 Å². The second-order valence-electron chi connectivity index (χ2n) is 5.75. The topological polar surface area (TPSA) is 35.6 Å². The number of carbonyl (C=O) groups is 1. The predicted octanol–water partition coefficient (Wildman–Crippen LogP) is 3.75. The van der Waals surface area contributed by atoms with Gasteiger partial charge in [0.1, 0.15) is 0 Å². The number of piperazine rings is 1. The summed E-state index contributed by atoms with van der Waals surface area (Å²) in [6, 6.07) is 15.6. The molecule has 0 spiro atoms. The van der Waals surface area contributed by atoms with Crippen molar-refractivity contribution in [3.63, 3.8) is 0 Å². The predicted molar refractivity (Wildman–Crippen MR) is 100 cm³/mol. The van der Waals surface area contributed by atoms with E-state index in [4.69, 9.17) is 23.2 Å². The molecule has 0 saturated carbocycles. The minimum atomic E-state index is -0.0765. The summed E-state index contributed by atoms with van der Waals surface area (Å²) in [7, 11) is 0. The Kier molecular flexibility index (Phi) is 5.61. The van der Waals surface area contributed by atoms with Crippen LogP contribution < -0.4 is 10.2 Å². The van der Waals surface area contributed by atoms with Gasteiger partial charge in [-0.15, -0.1) is 0 Å². The van der Waals surface area contributed by atoms with Crippen LogP contribution in [0, 0.1) is 0 Å². The second kappa shape index (κ2) is 7.88. The number of amides is 1. The Morgan fingerprint density at radius 3 is 2.38 bits per heavy atom. The summed E-state index contributed by atoms with van der Waals surface area (Å²) >= 11 is 12.1. The van der Waals surface area contributed by atoms with Gasteiger partial charge >= 0.3 is 0 Å². The highest BCUT2D eigenvalue weighted by Crippen LogP contribution is 2.29. The molecule has 2 aromatic rings. The van der Waals surface area contributed by atoms with E-state index in [1.165, 1.54) is 5.69 Å². The van der Waals surface area contributed by atoms with Gasteiger partial charge in [0.2, 0.25) is 5.91 Å². The lowest BCUT2D eigenvalue weighted by Gasteiger charge is -2.35. The number of halogens is 2. The number of hydrogen-bond donors (Lipinski definition) is 1. The number of para-hydroxylation sites is 1. The molecule has 0 bridgehead atoms. The molecule has 1 N–H and O–H groups in total. The first-order chi connectivity index (χ1) is 11.6. The summed E-state index contributed by atoms with van der Waals surface area (Å²) in [4.78, 5) is 16.7. The molecule has 126 valence electrons. The Bertz CT molecular complexity index is 701. The fraction of sp³-hybridized carbons (Fsp3) is 0.278. The highest BCUT2D eigenvalue weighted by atomic mass is 35.5. The fourth-order valence-corrected chi connectivity index (χ4v) is 3.14. The van der Waals surface area contributed by atoms with E-state index in [1.54, 1.807) is 18.2 Å². The monoisotopic (exact) mass is 363 g/mol. The van der Waals surface area contributed by atoms with Crippen LogP contribution in [0.15, 0.2) is 48.5 Å². The van der Waals surface area contributed by atoms with E-state index < -0.39 is 0 Å². The zero-order valence-electron chi connectivity index (χ0n) is 13.2. The second-order valence-corrected chi connectivity index (χ2v) is 6.53. The van der Waals surface area contributed by atoms with Gasteiger partial charge in [-0.1, -0.05) is 47.5 Å². The average Bonchev–Trinajstić information content (AvgIpc) is 2.60. The first-order valence-corrected chi connectivity index (χ1v) is 8.65. The Balaban J connectivity index is 1.51. The van der Waals surface area contributed by atoms with Crippen LogP contribution in [0.1, 0.15) is 0 Å². The van der Waals surface area contributed by atoms with Crippen molar-refractivity contribution in [2.24, 2.45) is 0 Å². The van der Waals surface area contributed by atoms with Crippen LogP contribution in [0.2, 0.25) is 10.0 Å². The molecule has 1 aliphatic rings. The van der Waals surface area contributed by atoms with Gasteiger partial charge in [0.15, 0.2) is 0 Å². The number of hydrogen-bond acceptors (Lipinski definition) is 3. The molecule has 6 heteroatoms. The third-order valence-electron chi connectivity index (χ3n) is 4.09. The molecule has 1 fully saturated rings. The summed E-state index contributed by atoms with van der Waals surface area (Å²) in [5.74, 6) is -0.0765. The van der Waals surface area contributed by atoms with Crippen LogP contribution in [0.3, 0.4) is 0 Å². The van der Waals surface area contributed by atoms with Gasteiger partial charge in [-0.3, -0.25) is 9.69 Å². The molecular weight excluding hydrogens is 345 g/mol. The smallest absolute Gasteiger partial charge is 0.238 e. The zero-order valence-corrected chi connectivity index (χ0v) is 14.7.